The maximum atomic E-state index is 9.69. The fraction of sp³-hybridized carbons (Fsp3) is 0.438. The number of nitrogens with two attached hydrogens (primary N) is 1. The maximum Gasteiger partial charge on any atom is 0.492 e. The van der Waals surface area contributed by atoms with Crippen molar-refractivity contribution in [3.63, 3.8) is 0 Å². The third-order valence-corrected chi connectivity index (χ3v) is 4.50. The third kappa shape index (κ3) is 3.41. The number of hydrogen-bond acceptors (Lipinski definition) is 4. The molecule has 0 spiro atoms. The summed E-state index contributed by atoms with van der Waals surface area (Å²) in [5, 5.41) is 9.69. The first-order chi connectivity index (χ1) is 10.2. The Balaban J connectivity index is 2.29. The maximum absolute atomic E-state index is 9.69. The van der Waals surface area contributed by atoms with Crippen molar-refractivity contribution in [2.75, 3.05) is 6.61 Å². The Labute approximate surface area is 137 Å². The molecule has 1 aromatic carbocycles. The van der Waals surface area contributed by atoms with Crippen LogP contribution in [0.5, 0.6) is 0 Å². The minimum absolute atomic E-state index is 0.145. The highest BCUT2D eigenvalue weighted by molar-refractivity contribution is 7.80. The fourth-order valence-corrected chi connectivity index (χ4v) is 2.31. The van der Waals surface area contributed by atoms with Gasteiger partial charge in [0.05, 0.1) is 17.8 Å². The quantitative estimate of drug-likeness (QED) is 0.659. The van der Waals surface area contributed by atoms with Gasteiger partial charge in [0.2, 0.25) is 0 Å². The van der Waals surface area contributed by atoms with E-state index in [1.807, 2.05) is 58.0 Å². The molecule has 0 unspecified atom stereocenters. The summed E-state index contributed by atoms with van der Waals surface area (Å²) < 4.78 is 11.9. The van der Waals surface area contributed by atoms with Crippen molar-refractivity contribution in [2.24, 2.45) is 5.73 Å². The second-order valence-electron chi connectivity index (χ2n) is 6.46. The molecule has 0 atom stereocenters. The van der Waals surface area contributed by atoms with Gasteiger partial charge in [-0.05, 0) is 44.8 Å². The number of aliphatic hydroxyl groups excluding tert-OH is 1. The van der Waals surface area contributed by atoms with E-state index >= 15 is 0 Å². The summed E-state index contributed by atoms with van der Waals surface area (Å²) in [7, 11) is -0.566. The van der Waals surface area contributed by atoms with E-state index in [1.165, 1.54) is 0 Å². The highest BCUT2D eigenvalue weighted by atomic mass is 32.1. The number of aliphatic hydroxyl groups is 1. The van der Waals surface area contributed by atoms with Crippen molar-refractivity contribution >= 4 is 30.4 Å². The molecule has 1 aliphatic rings. The van der Waals surface area contributed by atoms with Crippen LogP contribution in [0.1, 0.15) is 38.8 Å². The lowest BCUT2D eigenvalue weighted by molar-refractivity contribution is 0.00578. The molecule has 2 rings (SSSR count). The zero-order chi connectivity index (χ0) is 16.5. The molecule has 22 heavy (non-hydrogen) atoms. The molecule has 1 fully saturated rings. The lowest BCUT2D eigenvalue weighted by Gasteiger charge is -2.32. The van der Waals surface area contributed by atoms with Crippen LogP contribution in [0, 0.1) is 0 Å². The van der Waals surface area contributed by atoms with Crippen LogP contribution in [0.4, 0.5) is 0 Å². The Bertz CT molecular complexity index is 597. The van der Waals surface area contributed by atoms with Gasteiger partial charge < -0.3 is 20.1 Å². The van der Waals surface area contributed by atoms with E-state index in [2.05, 4.69) is 0 Å². The molecule has 0 amide bonds. The van der Waals surface area contributed by atoms with Gasteiger partial charge in [-0.2, -0.15) is 0 Å². The van der Waals surface area contributed by atoms with E-state index in [4.69, 9.17) is 27.3 Å². The highest BCUT2D eigenvalue weighted by Crippen LogP contribution is 2.38. The first-order valence-corrected chi connectivity index (χ1v) is 7.64. The first-order valence-electron chi connectivity index (χ1n) is 7.23. The molecule has 1 aliphatic heterocycles. The fourth-order valence-electron chi connectivity index (χ4n) is 2.18. The van der Waals surface area contributed by atoms with Crippen molar-refractivity contribution < 1.29 is 14.4 Å². The van der Waals surface area contributed by atoms with Crippen molar-refractivity contribution in [1.82, 2.24) is 0 Å². The molecule has 0 bridgehead atoms. The average molecular weight is 319 g/mol. The lowest BCUT2D eigenvalue weighted by Crippen LogP contribution is -2.41. The Morgan fingerprint density at radius 3 is 2.36 bits per heavy atom. The van der Waals surface area contributed by atoms with Gasteiger partial charge in [0.1, 0.15) is 4.99 Å². The Morgan fingerprint density at radius 2 is 1.86 bits per heavy atom. The SMILES string of the molecule is CC1(C)OB(C(=Cc2cccc(C(N)=S)c2)CO)OC1(C)C. The standard InChI is InChI=1S/C16H22BNO3S/c1-15(2)16(3,4)21-17(20-15)13(10-19)9-11-6-5-7-12(8-11)14(18)22/h5-9,19H,10H2,1-4H3,(H2,18,22). The van der Waals surface area contributed by atoms with Crippen molar-refractivity contribution in [2.45, 2.75) is 38.9 Å². The smallest absolute Gasteiger partial charge is 0.400 e. The molecule has 0 aromatic heterocycles. The number of benzene rings is 1. The molecule has 118 valence electrons. The normalized spacial score (nSPS) is 20.2. The zero-order valence-corrected chi connectivity index (χ0v) is 14.2. The molecule has 0 saturated carbocycles. The van der Waals surface area contributed by atoms with Crippen LogP contribution in [0.2, 0.25) is 0 Å². The van der Waals surface area contributed by atoms with Gasteiger partial charge >= 0.3 is 7.12 Å². The Hall–Kier alpha value is -1.21. The summed E-state index contributed by atoms with van der Waals surface area (Å²) in [4.78, 5) is 0.344. The summed E-state index contributed by atoms with van der Waals surface area (Å²) in [6, 6.07) is 7.53. The van der Waals surface area contributed by atoms with E-state index in [1.54, 1.807) is 0 Å². The van der Waals surface area contributed by atoms with Crippen molar-refractivity contribution in [1.29, 1.82) is 0 Å². The van der Waals surface area contributed by atoms with Crippen LogP contribution in [0.15, 0.2) is 29.7 Å². The van der Waals surface area contributed by atoms with E-state index in [0.717, 1.165) is 11.1 Å². The molecule has 3 N–H and O–H groups in total. The molecule has 4 nitrogen and oxygen atoms in total. The minimum atomic E-state index is -0.566. The van der Waals surface area contributed by atoms with Gasteiger partial charge in [0.15, 0.2) is 0 Å². The number of rotatable bonds is 4. The van der Waals surface area contributed by atoms with Gasteiger partial charge in [0, 0.05) is 5.56 Å². The number of thiocarbonyl (C=S) groups is 1. The molecule has 1 heterocycles. The van der Waals surface area contributed by atoms with Crippen LogP contribution >= 0.6 is 12.2 Å². The van der Waals surface area contributed by atoms with E-state index in [-0.39, 0.29) is 6.61 Å². The van der Waals surface area contributed by atoms with Crippen LogP contribution in [-0.4, -0.2) is 35.0 Å². The van der Waals surface area contributed by atoms with Gasteiger partial charge in [-0.1, -0.05) is 36.5 Å². The average Bonchev–Trinajstić information content (AvgIpc) is 2.65. The molecule has 0 radical (unpaired) electrons. The first kappa shape index (κ1) is 17.2. The van der Waals surface area contributed by atoms with Crippen LogP contribution in [-0.2, 0) is 9.31 Å². The predicted octanol–water partition coefficient (Wildman–Crippen LogP) is 2.33. The van der Waals surface area contributed by atoms with E-state index in [9.17, 15) is 5.11 Å². The molecule has 6 heteroatoms. The molecule has 0 aliphatic carbocycles. The predicted molar refractivity (Wildman–Crippen MR) is 93.5 cm³/mol. The summed E-state index contributed by atoms with van der Waals surface area (Å²) in [6.07, 6.45) is 1.85. The molecular weight excluding hydrogens is 297 g/mol. The summed E-state index contributed by atoms with van der Waals surface area (Å²) in [5.74, 6) is 0. The highest BCUT2D eigenvalue weighted by Gasteiger charge is 2.52. The largest absolute Gasteiger partial charge is 0.492 e. The Morgan fingerprint density at radius 1 is 1.27 bits per heavy atom. The van der Waals surface area contributed by atoms with Gasteiger partial charge in [-0.3, -0.25) is 0 Å². The van der Waals surface area contributed by atoms with Gasteiger partial charge in [-0.15, -0.1) is 0 Å². The minimum Gasteiger partial charge on any atom is -0.400 e. The zero-order valence-electron chi connectivity index (χ0n) is 13.4. The summed E-state index contributed by atoms with van der Waals surface area (Å²) >= 11 is 4.99. The second-order valence-corrected chi connectivity index (χ2v) is 6.90. The van der Waals surface area contributed by atoms with Gasteiger partial charge in [0.25, 0.3) is 0 Å². The van der Waals surface area contributed by atoms with E-state index < -0.39 is 18.3 Å². The summed E-state index contributed by atoms with van der Waals surface area (Å²) in [6.45, 7) is 7.78. The topological polar surface area (TPSA) is 64.7 Å². The monoisotopic (exact) mass is 319 g/mol. The second kappa shape index (κ2) is 6.12. The van der Waals surface area contributed by atoms with Crippen LogP contribution in [0.3, 0.4) is 0 Å². The van der Waals surface area contributed by atoms with Crippen LogP contribution in [0.25, 0.3) is 6.08 Å². The molecular formula is C16H22BNO3S. The van der Waals surface area contributed by atoms with Gasteiger partial charge in [-0.25, -0.2) is 0 Å². The Kier molecular flexibility index (Phi) is 4.77. The third-order valence-electron chi connectivity index (χ3n) is 4.26. The molecule has 1 saturated heterocycles. The van der Waals surface area contributed by atoms with Crippen molar-refractivity contribution in [3.8, 4) is 0 Å². The van der Waals surface area contributed by atoms with E-state index in [0.29, 0.717) is 10.5 Å². The summed E-state index contributed by atoms with van der Waals surface area (Å²) in [5.41, 5.74) is 7.12. The lowest BCUT2D eigenvalue weighted by atomic mass is 9.77. The molecule has 1 aromatic rings. The van der Waals surface area contributed by atoms with Crippen molar-refractivity contribution in [3.05, 3.63) is 40.9 Å². The number of hydrogen-bond donors (Lipinski definition) is 2. The van der Waals surface area contributed by atoms with Crippen LogP contribution < -0.4 is 5.73 Å².